The summed E-state index contributed by atoms with van der Waals surface area (Å²) in [6.45, 7) is 1.49. The minimum Gasteiger partial charge on any atom is -0.497 e. The topological polar surface area (TPSA) is 64.8 Å². The lowest BCUT2D eigenvalue weighted by Crippen LogP contribution is -2.46. The van der Waals surface area contributed by atoms with Gasteiger partial charge in [0.1, 0.15) is 11.5 Å². The molecule has 2 N–H and O–H groups in total. The van der Waals surface area contributed by atoms with Gasteiger partial charge in [0.05, 0.1) is 7.11 Å². The fourth-order valence-corrected chi connectivity index (χ4v) is 2.74. The Bertz CT molecular complexity index is 463. The van der Waals surface area contributed by atoms with Crippen LogP contribution < -0.4 is 15.2 Å². The van der Waals surface area contributed by atoms with E-state index in [0.717, 1.165) is 31.6 Å². The Labute approximate surface area is 126 Å². The van der Waals surface area contributed by atoms with Gasteiger partial charge in [-0.25, -0.2) is 0 Å². The SMILES string of the molecule is COc1cccc(OCC(=O)N2CCCCC2CCN)c1. The van der Waals surface area contributed by atoms with Gasteiger partial charge >= 0.3 is 0 Å². The van der Waals surface area contributed by atoms with Crippen LogP contribution in [0.3, 0.4) is 0 Å². The minimum absolute atomic E-state index is 0.0379. The van der Waals surface area contributed by atoms with Crippen LogP contribution in [-0.2, 0) is 4.79 Å². The van der Waals surface area contributed by atoms with Crippen molar-refractivity contribution in [1.29, 1.82) is 0 Å². The van der Waals surface area contributed by atoms with Crippen LogP contribution in [0.2, 0.25) is 0 Å². The lowest BCUT2D eigenvalue weighted by atomic mass is 9.99. The maximum atomic E-state index is 12.3. The van der Waals surface area contributed by atoms with Gasteiger partial charge in [-0.2, -0.15) is 0 Å². The third-order valence-electron chi connectivity index (χ3n) is 3.85. The Hall–Kier alpha value is -1.75. The molecule has 1 atom stereocenters. The number of benzene rings is 1. The summed E-state index contributed by atoms with van der Waals surface area (Å²) in [6.07, 6.45) is 4.14. The zero-order valence-corrected chi connectivity index (χ0v) is 12.6. The molecule has 1 aromatic rings. The molecule has 5 heteroatoms. The van der Waals surface area contributed by atoms with Crippen molar-refractivity contribution >= 4 is 5.91 Å². The van der Waals surface area contributed by atoms with Gasteiger partial charge in [0, 0.05) is 18.7 Å². The maximum Gasteiger partial charge on any atom is 0.260 e. The summed E-state index contributed by atoms with van der Waals surface area (Å²) in [5, 5.41) is 0. The van der Waals surface area contributed by atoms with E-state index in [1.54, 1.807) is 13.2 Å². The van der Waals surface area contributed by atoms with Gasteiger partial charge in [0.25, 0.3) is 5.91 Å². The Balaban J connectivity index is 1.90. The first-order valence-electron chi connectivity index (χ1n) is 7.51. The highest BCUT2D eigenvalue weighted by Crippen LogP contribution is 2.21. The second-order valence-electron chi connectivity index (χ2n) is 5.28. The van der Waals surface area contributed by atoms with Gasteiger partial charge in [-0.1, -0.05) is 6.07 Å². The van der Waals surface area contributed by atoms with Crippen LogP contribution in [-0.4, -0.2) is 43.7 Å². The molecule has 1 aliphatic heterocycles. The molecule has 0 spiro atoms. The van der Waals surface area contributed by atoms with E-state index in [0.29, 0.717) is 12.3 Å². The number of methoxy groups -OCH3 is 1. The van der Waals surface area contributed by atoms with E-state index in [1.165, 1.54) is 6.42 Å². The van der Waals surface area contributed by atoms with Crippen LogP contribution in [0.25, 0.3) is 0 Å². The zero-order valence-electron chi connectivity index (χ0n) is 12.6. The van der Waals surface area contributed by atoms with E-state index in [1.807, 2.05) is 23.1 Å². The summed E-state index contributed by atoms with van der Waals surface area (Å²) in [5.41, 5.74) is 5.64. The van der Waals surface area contributed by atoms with Crippen molar-refractivity contribution in [1.82, 2.24) is 4.90 Å². The quantitative estimate of drug-likeness (QED) is 0.868. The molecule has 1 unspecified atom stereocenters. The smallest absolute Gasteiger partial charge is 0.260 e. The number of carbonyl (C=O) groups is 1. The largest absolute Gasteiger partial charge is 0.497 e. The van der Waals surface area contributed by atoms with E-state index in [9.17, 15) is 4.79 Å². The highest BCUT2D eigenvalue weighted by molar-refractivity contribution is 5.78. The first-order valence-corrected chi connectivity index (χ1v) is 7.51. The molecule has 0 aromatic heterocycles. The van der Waals surface area contributed by atoms with E-state index in [4.69, 9.17) is 15.2 Å². The number of hydrogen-bond acceptors (Lipinski definition) is 4. The minimum atomic E-state index is 0.0379. The Morgan fingerprint density at radius 3 is 2.95 bits per heavy atom. The Kier molecular flexibility index (Phi) is 5.87. The lowest BCUT2D eigenvalue weighted by molar-refractivity contribution is -0.137. The van der Waals surface area contributed by atoms with Crippen molar-refractivity contribution < 1.29 is 14.3 Å². The van der Waals surface area contributed by atoms with Crippen molar-refractivity contribution in [3.05, 3.63) is 24.3 Å². The first kappa shape index (κ1) is 15.6. The molecule has 1 aromatic carbocycles. The first-order chi connectivity index (χ1) is 10.2. The van der Waals surface area contributed by atoms with Crippen molar-refractivity contribution in [3.8, 4) is 11.5 Å². The molecule has 5 nitrogen and oxygen atoms in total. The van der Waals surface area contributed by atoms with Gasteiger partial charge in [-0.15, -0.1) is 0 Å². The number of amides is 1. The van der Waals surface area contributed by atoms with Gasteiger partial charge < -0.3 is 20.1 Å². The summed E-state index contributed by atoms with van der Waals surface area (Å²) in [7, 11) is 1.61. The molecule has 0 saturated carbocycles. The molecule has 116 valence electrons. The van der Waals surface area contributed by atoms with Crippen molar-refractivity contribution in [3.63, 3.8) is 0 Å². The number of carbonyl (C=O) groups excluding carboxylic acids is 1. The second kappa shape index (κ2) is 7.88. The molecule has 1 heterocycles. The summed E-state index contributed by atoms with van der Waals surface area (Å²) in [5.74, 6) is 1.41. The van der Waals surface area contributed by atoms with E-state index < -0.39 is 0 Å². The lowest BCUT2D eigenvalue weighted by Gasteiger charge is -2.35. The van der Waals surface area contributed by atoms with Crippen LogP contribution in [0, 0.1) is 0 Å². The van der Waals surface area contributed by atoms with Crippen molar-refractivity contribution in [2.24, 2.45) is 5.73 Å². The molecular formula is C16H24N2O3. The summed E-state index contributed by atoms with van der Waals surface area (Å²) in [6, 6.07) is 7.56. The number of nitrogens with two attached hydrogens (primary N) is 1. The third kappa shape index (κ3) is 4.36. The van der Waals surface area contributed by atoms with Gasteiger partial charge in [0.15, 0.2) is 6.61 Å². The third-order valence-corrected chi connectivity index (χ3v) is 3.85. The van der Waals surface area contributed by atoms with Crippen molar-refractivity contribution in [2.75, 3.05) is 26.8 Å². The van der Waals surface area contributed by atoms with Gasteiger partial charge in [0.2, 0.25) is 0 Å². The highest BCUT2D eigenvalue weighted by atomic mass is 16.5. The van der Waals surface area contributed by atoms with Crippen LogP contribution in [0.5, 0.6) is 11.5 Å². The average Bonchev–Trinajstić information content (AvgIpc) is 2.53. The molecule has 0 radical (unpaired) electrons. The molecule has 0 aliphatic carbocycles. The Morgan fingerprint density at radius 1 is 1.38 bits per heavy atom. The maximum absolute atomic E-state index is 12.3. The predicted octanol–water partition coefficient (Wildman–Crippen LogP) is 1.80. The Morgan fingerprint density at radius 2 is 2.19 bits per heavy atom. The number of rotatable bonds is 6. The second-order valence-corrected chi connectivity index (χ2v) is 5.28. The van der Waals surface area contributed by atoms with Gasteiger partial charge in [-0.05, 0) is 44.4 Å². The number of piperidine rings is 1. The summed E-state index contributed by atoms with van der Waals surface area (Å²) >= 11 is 0. The van der Waals surface area contributed by atoms with E-state index in [-0.39, 0.29) is 18.6 Å². The standard InChI is InChI=1S/C16H24N2O3/c1-20-14-6-4-7-15(11-14)21-12-16(19)18-10-3-2-5-13(18)8-9-17/h4,6-7,11,13H,2-3,5,8-10,12,17H2,1H3. The highest BCUT2D eigenvalue weighted by Gasteiger charge is 2.26. The summed E-state index contributed by atoms with van der Waals surface area (Å²) in [4.78, 5) is 14.3. The number of likely N-dealkylation sites (tertiary alicyclic amines) is 1. The average molecular weight is 292 g/mol. The monoisotopic (exact) mass is 292 g/mol. The van der Waals surface area contributed by atoms with Crippen LogP contribution in [0.1, 0.15) is 25.7 Å². The molecule has 2 rings (SSSR count). The van der Waals surface area contributed by atoms with Crippen LogP contribution in [0.15, 0.2) is 24.3 Å². The predicted molar refractivity (Wildman–Crippen MR) is 81.5 cm³/mol. The molecule has 1 saturated heterocycles. The number of ether oxygens (including phenoxy) is 2. The molecule has 0 bridgehead atoms. The normalized spacial score (nSPS) is 18.4. The van der Waals surface area contributed by atoms with Crippen LogP contribution in [0.4, 0.5) is 0 Å². The van der Waals surface area contributed by atoms with E-state index in [2.05, 4.69) is 0 Å². The van der Waals surface area contributed by atoms with E-state index >= 15 is 0 Å². The molecule has 1 aliphatic rings. The summed E-state index contributed by atoms with van der Waals surface area (Å²) < 4.78 is 10.7. The molecule has 21 heavy (non-hydrogen) atoms. The number of hydrogen-bond donors (Lipinski definition) is 1. The fourth-order valence-electron chi connectivity index (χ4n) is 2.74. The molecule has 1 fully saturated rings. The van der Waals surface area contributed by atoms with Crippen molar-refractivity contribution in [2.45, 2.75) is 31.7 Å². The fraction of sp³-hybridized carbons (Fsp3) is 0.562. The van der Waals surface area contributed by atoms with Crippen LogP contribution >= 0.6 is 0 Å². The zero-order chi connectivity index (χ0) is 15.1. The number of nitrogens with zero attached hydrogens (tertiary/aromatic N) is 1. The molecule has 1 amide bonds. The molecular weight excluding hydrogens is 268 g/mol. The van der Waals surface area contributed by atoms with Gasteiger partial charge in [-0.3, -0.25) is 4.79 Å².